The second-order valence-corrected chi connectivity index (χ2v) is 6.04. The van der Waals surface area contributed by atoms with Gasteiger partial charge in [-0.15, -0.1) is 0 Å². The number of rotatable bonds is 3. The number of hydrogen-bond acceptors (Lipinski definition) is 2. The standard InChI is InChI=1S/C21H21NO2/c1-16-4-6-17(7-5-16)8-9-18-10-12-19(13-11-18)21(23)22-15-20-3-2-14-24-20/h4-7,10-13,20H,2-3,14-15H2,1H3,(H,22,23). The molecule has 0 aromatic heterocycles. The summed E-state index contributed by atoms with van der Waals surface area (Å²) in [7, 11) is 0. The van der Waals surface area contributed by atoms with Crippen LogP contribution < -0.4 is 5.32 Å². The summed E-state index contributed by atoms with van der Waals surface area (Å²) < 4.78 is 5.51. The molecule has 1 N–H and O–H groups in total. The van der Waals surface area contributed by atoms with E-state index < -0.39 is 0 Å². The normalized spacial score (nSPS) is 16.3. The highest BCUT2D eigenvalue weighted by molar-refractivity contribution is 5.94. The van der Waals surface area contributed by atoms with Crippen LogP contribution >= 0.6 is 0 Å². The van der Waals surface area contributed by atoms with Gasteiger partial charge in [0.1, 0.15) is 0 Å². The Balaban J connectivity index is 1.58. The molecule has 3 nitrogen and oxygen atoms in total. The van der Waals surface area contributed by atoms with Crippen LogP contribution in [0.3, 0.4) is 0 Å². The molecule has 1 saturated heterocycles. The van der Waals surface area contributed by atoms with E-state index in [9.17, 15) is 4.79 Å². The molecular weight excluding hydrogens is 298 g/mol. The van der Waals surface area contributed by atoms with Gasteiger partial charge in [-0.25, -0.2) is 0 Å². The zero-order valence-corrected chi connectivity index (χ0v) is 13.8. The minimum absolute atomic E-state index is 0.0662. The summed E-state index contributed by atoms with van der Waals surface area (Å²) in [5, 5.41) is 2.92. The second-order valence-electron chi connectivity index (χ2n) is 6.04. The second kappa shape index (κ2) is 7.81. The Morgan fingerprint density at radius 1 is 1.08 bits per heavy atom. The first kappa shape index (κ1) is 16.3. The van der Waals surface area contributed by atoms with E-state index in [1.165, 1.54) is 5.56 Å². The van der Waals surface area contributed by atoms with E-state index in [4.69, 9.17) is 4.74 Å². The summed E-state index contributed by atoms with van der Waals surface area (Å²) in [6, 6.07) is 15.5. The minimum atomic E-state index is -0.0662. The number of benzene rings is 2. The fraction of sp³-hybridized carbons (Fsp3) is 0.286. The van der Waals surface area contributed by atoms with Gasteiger partial charge in [-0.2, -0.15) is 0 Å². The fourth-order valence-electron chi connectivity index (χ4n) is 2.60. The predicted molar refractivity (Wildman–Crippen MR) is 94.9 cm³/mol. The van der Waals surface area contributed by atoms with E-state index in [2.05, 4.69) is 24.1 Å². The van der Waals surface area contributed by atoms with Crippen LogP contribution in [0.2, 0.25) is 0 Å². The third-order valence-corrected chi connectivity index (χ3v) is 4.06. The molecule has 3 heteroatoms. The lowest BCUT2D eigenvalue weighted by atomic mass is 10.1. The quantitative estimate of drug-likeness (QED) is 0.882. The molecule has 1 atom stereocenters. The lowest BCUT2D eigenvalue weighted by Crippen LogP contribution is -2.31. The number of amides is 1. The highest BCUT2D eigenvalue weighted by Crippen LogP contribution is 2.11. The van der Waals surface area contributed by atoms with Gasteiger partial charge in [-0.05, 0) is 56.2 Å². The Kier molecular flexibility index (Phi) is 5.30. The van der Waals surface area contributed by atoms with Crippen molar-refractivity contribution in [2.45, 2.75) is 25.9 Å². The molecule has 2 aromatic rings. The van der Waals surface area contributed by atoms with Crippen molar-refractivity contribution in [2.75, 3.05) is 13.2 Å². The summed E-state index contributed by atoms with van der Waals surface area (Å²) in [6.45, 7) is 3.43. The maximum absolute atomic E-state index is 12.1. The van der Waals surface area contributed by atoms with Gasteiger partial charge in [0, 0.05) is 29.8 Å². The van der Waals surface area contributed by atoms with Gasteiger partial charge in [0.05, 0.1) is 6.10 Å². The average Bonchev–Trinajstić information content (AvgIpc) is 3.13. The molecule has 1 aliphatic heterocycles. The van der Waals surface area contributed by atoms with Gasteiger partial charge in [0.15, 0.2) is 0 Å². The van der Waals surface area contributed by atoms with Crippen LogP contribution in [0.25, 0.3) is 0 Å². The van der Waals surface area contributed by atoms with E-state index in [0.29, 0.717) is 12.1 Å². The van der Waals surface area contributed by atoms with Crippen LogP contribution in [-0.2, 0) is 4.74 Å². The van der Waals surface area contributed by atoms with Crippen LogP contribution in [0.4, 0.5) is 0 Å². The highest BCUT2D eigenvalue weighted by Gasteiger charge is 2.16. The summed E-state index contributed by atoms with van der Waals surface area (Å²) in [6.07, 6.45) is 2.26. The number of aryl methyl sites for hydroxylation is 1. The maximum atomic E-state index is 12.1. The van der Waals surface area contributed by atoms with Crippen LogP contribution in [0.1, 0.15) is 39.9 Å². The third-order valence-electron chi connectivity index (χ3n) is 4.06. The van der Waals surface area contributed by atoms with Gasteiger partial charge in [-0.3, -0.25) is 4.79 Å². The van der Waals surface area contributed by atoms with Gasteiger partial charge < -0.3 is 10.1 Å². The number of carbonyl (C=O) groups excluding carboxylic acids is 1. The molecule has 1 unspecified atom stereocenters. The molecule has 3 rings (SSSR count). The van der Waals surface area contributed by atoms with Crippen LogP contribution in [0.5, 0.6) is 0 Å². The van der Waals surface area contributed by atoms with Crippen molar-refractivity contribution < 1.29 is 9.53 Å². The van der Waals surface area contributed by atoms with Gasteiger partial charge in [0.25, 0.3) is 5.91 Å². The van der Waals surface area contributed by atoms with Crippen molar-refractivity contribution in [3.63, 3.8) is 0 Å². The van der Waals surface area contributed by atoms with Crippen molar-refractivity contribution in [1.29, 1.82) is 0 Å². The number of hydrogen-bond donors (Lipinski definition) is 1. The maximum Gasteiger partial charge on any atom is 0.251 e. The molecule has 2 aromatic carbocycles. The number of nitrogens with one attached hydrogen (secondary N) is 1. The number of carbonyl (C=O) groups is 1. The molecule has 0 aliphatic carbocycles. The van der Waals surface area contributed by atoms with Gasteiger partial charge >= 0.3 is 0 Å². The predicted octanol–water partition coefficient (Wildman–Crippen LogP) is 3.30. The molecule has 0 spiro atoms. The first-order chi connectivity index (χ1) is 11.7. The van der Waals surface area contributed by atoms with E-state index in [0.717, 1.165) is 30.6 Å². The smallest absolute Gasteiger partial charge is 0.251 e. The van der Waals surface area contributed by atoms with Crippen LogP contribution in [0.15, 0.2) is 48.5 Å². The molecule has 0 bridgehead atoms. The monoisotopic (exact) mass is 319 g/mol. The molecule has 1 amide bonds. The Labute approximate surface area is 143 Å². The molecular formula is C21H21NO2. The lowest BCUT2D eigenvalue weighted by molar-refractivity contribution is 0.0858. The number of ether oxygens (including phenoxy) is 1. The first-order valence-corrected chi connectivity index (χ1v) is 8.29. The first-order valence-electron chi connectivity index (χ1n) is 8.29. The Morgan fingerprint density at radius 3 is 2.29 bits per heavy atom. The van der Waals surface area contributed by atoms with Crippen molar-refractivity contribution in [2.24, 2.45) is 0 Å². The summed E-state index contributed by atoms with van der Waals surface area (Å²) in [4.78, 5) is 12.1. The summed E-state index contributed by atoms with van der Waals surface area (Å²) in [5.74, 6) is 6.19. The van der Waals surface area contributed by atoms with E-state index in [-0.39, 0.29) is 12.0 Å². The summed E-state index contributed by atoms with van der Waals surface area (Å²) in [5.41, 5.74) is 3.75. The van der Waals surface area contributed by atoms with Crippen molar-refractivity contribution in [3.8, 4) is 11.8 Å². The van der Waals surface area contributed by atoms with E-state index >= 15 is 0 Å². The van der Waals surface area contributed by atoms with Crippen LogP contribution in [0, 0.1) is 18.8 Å². The van der Waals surface area contributed by atoms with Crippen molar-refractivity contribution in [1.82, 2.24) is 5.32 Å². The van der Waals surface area contributed by atoms with E-state index in [1.54, 1.807) is 0 Å². The SMILES string of the molecule is Cc1ccc(C#Cc2ccc(C(=O)NCC3CCCO3)cc2)cc1. The Hall–Kier alpha value is -2.57. The molecule has 1 aliphatic rings. The third kappa shape index (κ3) is 4.47. The van der Waals surface area contributed by atoms with Gasteiger partial charge in [0.2, 0.25) is 0 Å². The lowest BCUT2D eigenvalue weighted by Gasteiger charge is -2.10. The van der Waals surface area contributed by atoms with Crippen LogP contribution in [-0.4, -0.2) is 25.2 Å². The minimum Gasteiger partial charge on any atom is -0.376 e. The summed E-state index contributed by atoms with van der Waals surface area (Å²) >= 11 is 0. The molecule has 0 radical (unpaired) electrons. The van der Waals surface area contributed by atoms with E-state index in [1.807, 2.05) is 48.5 Å². The largest absolute Gasteiger partial charge is 0.376 e. The molecule has 122 valence electrons. The molecule has 1 heterocycles. The zero-order valence-electron chi connectivity index (χ0n) is 13.8. The zero-order chi connectivity index (χ0) is 16.8. The molecule has 0 saturated carbocycles. The fourth-order valence-corrected chi connectivity index (χ4v) is 2.60. The van der Waals surface area contributed by atoms with Gasteiger partial charge in [-0.1, -0.05) is 29.5 Å². The highest BCUT2D eigenvalue weighted by atomic mass is 16.5. The Bertz CT molecular complexity index is 745. The molecule has 1 fully saturated rings. The average molecular weight is 319 g/mol. The topological polar surface area (TPSA) is 38.3 Å². The molecule has 24 heavy (non-hydrogen) atoms. The Morgan fingerprint density at radius 2 is 1.71 bits per heavy atom. The van der Waals surface area contributed by atoms with Crippen molar-refractivity contribution in [3.05, 3.63) is 70.8 Å². The van der Waals surface area contributed by atoms with Crippen molar-refractivity contribution >= 4 is 5.91 Å².